The van der Waals surface area contributed by atoms with E-state index in [0.29, 0.717) is 16.8 Å². The minimum atomic E-state index is -4.77. The number of ether oxygens (including phenoxy) is 5. The topological polar surface area (TPSA) is 105 Å². The van der Waals surface area contributed by atoms with E-state index < -0.39 is 50.2 Å². The van der Waals surface area contributed by atoms with E-state index in [0.717, 1.165) is 13.2 Å². The minimum Gasteiger partial charge on any atom is -0.406 e. The molecule has 0 aromatic heterocycles. The van der Waals surface area contributed by atoms with Crippen molar-refractivity contribution < 1.29 is 58.4 Å². The Morgan fingerprint density at radius 1 is 0.816 bits per heavy atom. The van der Waals surface area contributed by atoms with E-state index in [1.165, 1.54) is 63.5 Å². The van der Waals surface area contributed by atoms with Crippen molar-refractivity contribution in [3.8, 4) is 11.5 Å². The summed E-state index contributed by atoms with van der Waals surface area (Å²) in [5, 5.41) is 0. The SMILES string of the molecule is C1CCOC1.COCC(=N[S@](=O)C(C)(C)C)c1cccc(OC(F)(F)F)c1.COC[C@H](N[S@](=O)C(C)(C)C)c1cccc(OC(F)(F)F)c1. The zero-order chi connectivity index (χ0) is 37.5. The Bertz CT molecular complexity index is 1350. The molecule has 2 aromatic carbocycles. The quantitative estimate of drug-likeness (QED) is 0.187. The normalized spacial score (nSPS) is 16.0. The number of nitrogens with zero attached hydrogens (tertiary/aromatic N) is 1. The van der Waals surface area contributed by atoms with Crippen molar-refractivity contribution in [3.63, 3.8) is 0 Å². The van der Waals surface area contributed by atoms with Crippen LogP contribution in [0.5, 0.6) is 11.5 Å². The van der Waals surface area contributed by atoms with Crippen LogP contribution >= 0.6 is 0 Å². The second kappa shape index (κ2) is 20.3. The maximum atomic E-state index is 12.3. The third kappa shape index (κ3) is 19.4. The summed E-state index contributed by atoms with van der Waals surface area (Å²) in [7, 11) is -0.0529. The number of benzene rings is 2. The highest BCUT2D eigenvalue weighted by Crippen LogP contribution is 2.27. The van der Waals surface area contributed by atoms with Gasteiger partial charge in [-0.1, -0.05) is 24.3 Å². The molecule has 1 fully saturated rings. The monoisotopic (exact) mass is 748 g/mol. The van der Waals surface area contributed by atoms with Crippen molar-refractivity contribution in [1.82, 2.24) is 4.72 Å². The molecule has 1 aliphatic heterocycles. The summed E-state index contributed by atoms with van der Waals surface area (Å²) in [5.41, 5.74) is 1.16. The van der Waals surface area contributed by atoms with Crippen LogP contribution < -0.4 is 14.2 Å². The zero-order valence-electron chi connectivity index (χ0n) is 28.8. The maximum absolute atomic E-state index is 12.3. The van der Waals surface area contributed by atoms with Gasteiger partial charge in [0.25, 0.3) is 0 Å². The van der Waals surface area contributed by atoms with Gasteiger partial charge in [-0.2, -0.15) is 4.40 Å². The standard InChI is InChI=1S/C14H20F3NO3S.C14H18F3NO3S.C4H8O/c2*1-13(2,3)22(19)18-12(9-20-4)10-6-5-7-11(8-10)21-14(15,16)17;1-2-4-5-3-1/h5-8,12,18H,9H2,1-4H3;5-8H,9H2,1-4H3;1-4H2/t12-,22+;22-;/m01./s1. The Morgan fingerprint density at radius 3 is 1.78 bits per heavy atom. The molecule has 0 unspecified atom stereocenters. The Hall–Kier alpha value is -2.57. The van der Waals surface area contributed by atoms with Crippen LogP contribution in [0.3, 0.4) is 0 Å². The summed E-state index contributed by atoms with van der Waals surface area (Å²) >= 11 is 0. The lowest BCUT2D eigenvalue weighted by molar-refractivity contribution is -0.275. The van der Waals surface area contributed by atoms with Gasteiger partial charge < -0.3 is 23.7 Å². The molecule has 49 heavy (non-hydrogen) atoms. The molecule has 0 radical (unpaired) electrons. The van der Waals surface area contributed by atoms with Crippen LogP contribution in [0.15, 0.2) is 52.9 Å². The zero-order valence-corrected chi connectivity index (χ0v) is 30.5. The maximum Gasteiger partial charge on any atom is 0.573 e. The van der Waals surface area contributed by atoms with E-state index in [4.69, 9.17) is 14.2 Å². The van der Waals surface area contributed by atoms with Gasteiger partial charge >= 0.3 is 12.7 Å². The first-order valence-corrected chi connectivity index (χ1v) is 17.3. The summed E-state index contributed by atoms with van der Waals surface area (Å²) in [6.07, 6.45) is -6.97. The first-order valence-electron chi connectivity index (χ1n) is 15.0. The lowest BCUT2D eigenvalue weighted by Gasteiger charge is -2.24. The van der Waals surface area contributed by atoms with E-state index >= 15 is 0 Å². The van der Waals surface area contributed by atoms with Gasteiger partial charge in [0, 0.05) is 33.0 Å². The minimum absolute atomic E-state index is 0.0251. The van der Waals surface area contributed by atoms with E-state index in [2.05, 4.69) is 18.6 Å². The molecule has 1 aliphatic rings. The molecule has 3 atom stereocenters. The number of methoxy groups -OCH3 is 2. The predicted molar refractivity (Wildman–Crippen MR) is 178 cm³/mol. The highest BCUT2D eigenvalue weighted by molar-refractivity contribution is 7.85. The highest BCUT2D eigenvalue weighted by atomic mass is 32.2. The average Bonchev–Trinajstić information content (AvgIpc) is 3.55. The van der Waals surface area contributed by atoms with Crippen molar-refractivity contribution >= 4 is 27.7 Å². The molecule has 280 valence electrons. The van der Waals surface area contributed by atoms with Crippen molar-refractivity contribution in [2.24, 2.45) is 4.40 Å². The number of nitrogens with one attached hydrogen (secondary N) is 1. The third-order valence-corrected chi connectivity index (χ3v) is 8.90. The molecule has 0 bridgehead atoms. The van der Waals surface area contributed by atoms with E-state index in [-0.39, 0.29) is 24.7 Å². The largest absolute Gasteiger partial charge is 0.573 e. The smallest absolute Gasteiger partial charge is 0.406 e. The summed E-state index contributed by atoms with van der Waals surface area (Å²) in [6, 6.07) is 10.4. The average molecular weight is 749 g/mol. The number of hydrogen-bond donors (Lipinski definition) is 1. The third-order valence-electron chi connectivity index (χ3n) is 5.86. The van der Waals surface area contributed by atoms with Crippen molar-refractivity contribution in [1.29, 1.82) is 0 Å². The van der Waals surface area contributed by atoms with Gasteiger partial charge in [-0.25, -0.2) is 13.1 Å². The highest BCUT2D eigenvalue weighted by Gasteiger charge is 2.32. The lowest BCUT2D eigenvalue weighted by atomic mass is 10.1. The molecule has 0 saturated carbocycles. The molecular formula is C32H46F6N2O7S2. The fourth-order valence-electron chi connectivity index (χ4n) is 3.52. The van der Waals surface area contributed by atoms with Gasteiger partial charge in [0.1, 0.15) is 22.5 Å². The van der Waals surface area contributed by atoms with E-state index in [1.54, 1.807) is 53.7 Å². The fraction of sp³-hybridized carbons (Fsp3) is 0.594. The Balaban J connectivity index is 0.000000427. The van der Waals surface area contributed by atoms with Crippen LogP contribution in [0, 0.1) is 0 Å². The molecule has 1 saturated heterocycles. The summed E-state index contributed by atoms with van der Waals surface area (Å²) in [6.45, 7) is 12.8. The van der Waals surface area contributed by atoms with Crippen LogP contribution in [0.1, 0.15) is 71.6 Å². The molecule has 9 nitrogen and oxygen atoms in total. The predicted octanol–water partition coefficient (Wildman–Crippen LogP) is 7.60. The molecule has 17 heteroatoms. The first kappa shape index (κ1) is 44.5. The summed E-state index contributed by atoms with van der Waals surface area (Å²) < 4.78 is 126. The van der Waals surface area contributed by atoms with Gasteiger partial charge in [0.15, 0.2) is 0 Å². The second-order valence-corrected chi connectivity index (χ2v) is 16.3. The number of hydrogen-bond acceptors (Lipinski definition) is 7. The van der Waals surface area contributed by atoms with Gasteiger partial charge in [-0.15, -0.1) is 26.3 Å². The molecule has 0 aliphatic carbocycles. The Kier molecular flexibility index (Phi) is 18.4. The fourth-order valence-corrected chi connectivity index (χ4v) is 4.97. The Labute approximate surface area is 289 Å². The van der Waals surface area contributed by atoms with Crippen LogP contribution in [0.4, 0.5) is 26.3 Å². The van der Waals surface area contributed by atoms with Crippen molar-refractivity contribution in [3.05, 3.63) is 59.7 Å². The van der Waals surface area contributed by atoms with Gasteiger partial charge in [0.2, 0.25) is 0 Å². The van der Waals surface area contributed by atoms with Gasteiger partial charge in [0.05, 0.1) is 45.4 Å². The Morgan fingerprint density at radius 2 is 1.35 bits per heavy atom. The molecule has 0 spiro atoms. The lowest BCUT2D eigenvalue weighted by Crippen LogP contribution is -2.37. The van der Waals surface area contributed by atoms with Gasteiger partial charge in [-0.3, -0.25) is 0 Å². The summed E-state index contributed by atoms with van der Waals surface area (Å²) in [5.74, 6) is -0.690. The molecule has 1 heterocycles. The number of alkyl halides is 6. The van der Waals surface area contributed by atoms with Crippen LogP contribution in [0.25, 0.3) is 0 Å². The molecule has 2 aromatic rings. The molecule has 3 rings (SSSR count). The molecular weight excluding hydrogens is 702 g/mol. The first-order chi connectivity index (χ1) is 22.6. The van der Waals surface area contributed by atoms with Crippen molar-refractivity contribution in [2.45, 2.75) is 82.6 Å². The number of halogens is 6. The van der Waals surface area contributed by atoms with Crippen LogP contribution in [-0.4, -0.2) is 77.0 Å². The number of rotatable bonds is 11. The van der Waals surface area contributed by atoms with E-state index in [1.807, 2.05) is 0 Å². The summed E-state index contributed by atoms with van der Waals surface area (Å²) in [4.78, 5) is 0. The second-order valence-electron chi connectivity index (χ2n) is 12.4. The molecule has 0 amide bonds. The van der Waals surface area contributed by atoms with Crippen LogP contribution in [-0.2, 0) is 36.2 Å². The molecule has 1 N–H and O–H groups in total. The van der Waals surface area contributed by atoms with Crippen molar-refractivity contribution in [2.75, 3.05) is 40.6 Å². The van der Waals surface area contributed by atoms with E-state index in [9.17, 15) is 34.8 Å². The van der Waals surface area contributed by atoms with Gasteiger partial charge in [-0.05, 0) is 84.2 Å². The van der Waals surface area contributed by atoms with Crippen LogP contribution in [0.2, 0.25) is 0 Å².